The molecule has 1 aliphatic heterocycles. The van der Waals surface area contributed by atoms with Crippen LogP contribution in [0.15, 0.2) is 48.5 Å². The van der Waals surface area contributed by atoms with Gasteiger partial charge in [-0.25, -0.2) is 4.79 Å². The summed E-state index contributed by atoms with van der Waals surface area (Å²) in [5, 5.41) is 5.68. The van der Waals surface area contributed by atoms with Crippen molar-refractivity contribution < 1.29 is 14.3 Å². The zero-order valence-electron chi connectivity index (χ0n) is 12.9. The second kappa shape index (κ2) is 7.54. The van der Waals surface area contributed by atoms with E-state index in [1.165, 1.54) is 0 Å². The van der Waals surface area contributed by atoms with Crippen LogP contribution in [0.2, 0.25) is 0 Å². The minimum absolute atomic E-state index is 0.194. The van der Waals surface area contributed by atoms with Crippen LogP contribution in [0.3, 0.4) is 0 Å². The van der Waals surface area contributed by atoms with E-state index in [0.29, 0.717) is 26.3 Å². The Bertz CT molecular complexity index is 659. The van der Waals surface area contributed by atoms with E-state index < -0.39 is 0 Å². The first kappa shape index (κ1) is 15.2. The Morgan fingerprint density at radius 1 is 0.870 bits per heavy atom. The normalized spacial score (nSPS) is 13.0. The van der Waals surface area contributed by atoms with Gasteiger partial charge in [-0.05, 0) is 23.3 Å². The van der Waals surface area contributed by atoms with E-state index in [0.717, 1.165) is 29.0 Å². The van der Waals surface area contributed by atoms with Crippen molar-refractivity contribution in [3.8, 4) is 11.5 Å². The molecule has 0 aromatic heterocycles. The maximum Gasteiger partial charge on any atom is 0.315 e. The molecule has 0 radical (unpaired) electrons. The molecule has 0 unspecified atom stereocenters. The molecule has 0 saturated carbocycles. The third-order valence-electron chi connectivity index (χ3n) is 3.56. The number of benzene rings is 2. The van der Waals surface area contributed by atoms with Crippen LogP contribution in [0.4, 0.5) is 4.79 Å². The second-order valence-electron chi connectivity index (χ2n) is 5.35. The van der Waals surface area contributed by atoms with E-state index in [1.54, 1.807) is 0 Å². The molecule has 0 saturated heterocycles. The molecule has 3 rings (SSSR count). The number of urea groups is 1. The number of nitrogens with one attached hydrogen (secondary N) is 2. The summed E-state index contributed by atoms with van der Waals surface area (Å²) < 4.78 is 11.2. The van der Waals surface area contributed by atoms with E-state index >= 15 is 0 Å². The van der Waals surface area contributed by atoms with E-state index in [1.807, 2.05) is 48.5 Å². The van der Waals surface area contributed by atoms with Crippen molar-refractivity contribution in [1.29, 1.82) is 0 Å². The monoisotopic (exact) mass is 312 g/mol. The average molecular weight is 312 g/mol. The first-order valence-electron chi connectivity index (χ1n) is 7.75. The van der Waals surface area contributed by atoms with Crippen molar-refractivity contribution in [3.05, 3.63) is 59.7 Å². The van der Waals surface area contributed by atoms with Gasteiger partial charge in [0.15, 0.2) is 11.5 Å². The molecule has 2 aromatic carbocycles. The van der Waals surface area contributed by atoms with E-state index in [4.69, 9.17) is 9.47 Å². The third-order valence-corrected chi connectivity index (χ3v) is 3.56. The minimum atomic E-state index is -0.194. The number of amides is 2. The molecule has 120 valence electrons. The fraction of sp³-hybridized carbons (Fsp3) is 0.278. The van der Waals surface area contributed by atoms with Crippen LogP contribution in [0.5, 0.6) is 11.5 Å². The lowest BCUT2D eigenvalue weighted by Gasteiger charge is -2.11. The quantitative estimate of drug-likeness (QED) is 0.912. The van der Waals surface area contributed by atoms with Gasteiger partial charge >= 0.3 is 6.03 Å². The number of rotatable bonds is 4. The fourth-order valence-electron chi connectivity index (χ4n) is 2.34. The van der Waals surface area contributed by atoms with Crippen LogP contribution in [-0.2, 0) is 13.1 Å². The Balaban J connectivity index is 1.50. The first-order chi connectivity index (χ1) is 11.3. The van der Waals surface area contributed by atoms with Crippen LogP contribution in [0.1, 0.15) is 17.5 Å². The lowest BCUT2D eigenvalue weighted by molar-refractivity contribution is 0.240. The Hall–Kier alpha value is -2.69. The van der Waals surface area contributed by atoms with Crippen molar-refractivity contribution >= 4 is 6.03 Å². The Morgan fingerprint density at radius 3 is 2.35 bits per heavy atom. The molecule has 0 aliphatic carbocycles. The predicted octanol–water partition coefficient (Wildman–Crippen LogP) is 2.85. The third kappa shape index (κ3) is 4.39. The van der Waals surface area contributed by atoms with Crippen LogP contribution >= 0.6 is 0 Å². The van der Waals surface area contributed by atoms with Crippen molar-refractivity contribution in [1.82, 2.24) is 10.6 Å². The molecule has 5 heteroatoms. The zero-order chi connectivity index (χ0) is 15.9. The highest BCUT2D eigenvalue weighted by atomic mass is 16.5. The molecule has 1 heterocycles. The van der Waals surface area contributed by atoms with Gasteiger partial charge in [0.1, 0.15) is 0 Å². The molecule has 0 atom stereocenters. The lowest BCUT2D eigenvalue weighted by Crippen LogP contribution is -2.34. The summed E-state index contributed by atoms with van der Waals surface area (Å²) in [5.74, 6) is 1.51. The smallest absolute Gasteiger partial charge is 0.315 e. The van der Waals surface area contributed by atoms with Gasteiger partial charge in [0.2, 0.25) is 0 Å². The molecule has 0 bridgehead atoms. The van der Waals surface area contributed by atoms with Gasteiger partial charge in [0, 0.05) is 19.5 Å². The van der Waals surface area contributed by atoms with Gasteiger partial charge in [-0.15, -0.1) is 0 Å². The highest BCUT2D eigenvalue weighted by molar-refractivity contribution is 5.73. The highest BCUT2D eigenvalue weighted by Gasteiger charge is 2.11. The van der Waals surface area contributed by atoms with Gasteiger partial charge in [-0.2, -0.15) is 0 Å². The SMILES string of the molecule is O=C(NCc1ccccc1)NCc1ccc2c(c1)OCCCO2. The van der Waals surface area contributed by atoms with Gasteiger partial charge < -0.3 is 20.1 Å². The number of carbonyl (C=O) groups is 1. The topological polar surface area (TPSA) is 59.6 Å². The molecule has 2 aromatic rings. The summed E-state index contributed by atoms with van der Waals surface area (Å²) in [4.78, 5) is 11.9. The van der Waals surface area contributed by atoms with Crippen LogP contribution in [0, 0.1) is 0 Å². The van der Waals surface area contributed by atoms with Gasteiger partial charge in [-0.3, -0.25) is 0 Å². The van der Waals surface area contributed by atoms with Crippen LogP contribution < -0.4 is 20.1 Å². The van der Waals surface area contributed by atoms with Crippen molar-refractivity contribution in [3.63, 3.8) is 0 Å². The molecule has 0 fully saturated rings. The standard InChI is InChI=1S/C18H20N2O3/c21-18(19-12-14-5-2-1-3-6-14)20-13-15-7-8-16-17(11-15)23-10-4-9-22-16/h1-3,5-8,11H,4,9-10,12-13H2,(H2,19,20,21). The maximum absolute atomic E-state index is 11.9. The van der Waals surface area contributed by atoms with Gasteiger partial charge in [-0.1, -0.05) is 36.4 Å². The molecule has 2 amide bonds. The highest BCUT2D eigenvalue weighted by Crippen LogP contribution is 2.30. The molecular formula is C18H20N2O3. The molecule has 2 N–H and O–H groups in total. The molecular weight excluding hydrogens is 292 g/mol. The summed E-state index contributed by atoms with van der Waals surface area (Å²) in [6.45, 7) is 2.28. The average Bonchev–Trinajstić information content (AvgIpc) is 2.84. The Labute approximate surface area is 135 Å². The number of fused-ring (bicyclic) bond motifs is 1. The van der Waals surface area contributed by atoms with Crippen molar-refractivity contribution in [2.75, 3.05) is 13.2 Å². The molecule has 1 aliphatic rings. The number of hydrogen-bond acceptors (Lipinski definition) is 3. The summed E-state index contributed by atoms with van der Waals surface area (Å²) in [6, 6.07) is 15.4. The fourth-order valence-corrected chi connectivity index (χ4v) is 2.34. The summed E-state index contributed by atoms with van der Waals surface area (Å²) in [7, 11) is 0. The maximum atomic E-state index is 11.9. The molecule has 23 heavy (non-hydrogen) atoms. The lowest BCUT2D eigenvalue weighted by atomic mass is 10.2. The molecule has 5 nitrogen and oxygen atoms in total. The summed E-state index contributed by atoms with van der Waals surface area (Å²) in [5.41, 5.74) is 2.04. The number of carbonyl (C=O) groups excluding carboxylic acids is 1. The zero-order valence-corrected chi connectivity index (χ0v) is 12.9. The first-order valence-corrected chi connectivity index (χ1v) is 7.75. The molecule has 0 spiro atoms. The van der Waals surface area contributed by atoms with E-state index in [-0.39, 0.29) is 6.03 Å². The number of hydrogen-bond donors (Lipinski definition) is 2. The van der Waals surface area contributed by atoms with E-state index in [9.17, 15) is 4.79 Å². The van der Waals surface area contributed by atoms with Crippen molar-refractivity contribution in [2.24, 2.45) is 0 Å². The second-order valence-corrected chi connectivity index (χ2v) is 5.35. The Morgan fingerprint density at radius 2 is 1.57 bits per heavy atom. The van der Waals surface area contributed by atoms with Gasteiger partial charge in [0.25, 0.3) is 0 Å². The number of ether oxygens (including phenoxy) is 2. The van der Waals surface area contributed by atoms with Crippen LogP contribution in [0.25, 0.3) is 0 Å². The predicted molar refractivity (Wildman–Crippen MR) is 87.6 cm³/mol. The Kier molecular flexibility index (Phi) is 4.99. The van der Waals surface area contributed by atoms with Crippen LogP contribution in [-0.4, -0.2) is 19.2 Å². The van der Waals surface area contributed by atoms with Gasteiger partial charge in [0.05, 0.1) is 13.2 Å². The minimum Gasteiger partial charge on any atom is -0.490 e. The van der Waals surface area contributed by atoms with E-state index in [2.05, 4.69) is 10.6 Å². The summed E-state index contributed by atoms with van der Waals surface area (Å²) >= 11 is 0. The summed E-state index contributed by atoms with van der Waals surface area (Å²) in [6.07, 6.45) is 0.879. The largest absolute Gasteiger partial charge is 0.490 e. The van der Waals surface area contributed by atoms with Crippen molar-refractivity contribution in [2.45, 2.75) is 19.5 Å².